The molecule has 1 heterocycles. The summed E-state index contributed by atoms with van der Waals surface area (Å²) in [6, 6.07) is 7.14. The van der Waals surface area contributed by atoms with Gasteiger partial charge in [0.15, 0.2) is 6.61 Å². The lowest BCUT2D eigenvalue weighted by Gasteiger charge is -2.37. The summed E-state index contributed by atoms with van der Waals surface area (Å²) < 4.78 is 11.2. The van der Waals surface area contributed by atoms with E-state index >= 15 is 0 Å². The van der Waals surface area contributed by atoms with Gasteiger partial charge in [-0.3, -0.25) is 9.59 Å². The van der Waals surface area contributed by atoms with Crippen LogP contribution in [0, 0.1) is 5.92 Å². The molecular weight excluding hydrogens is 344 g/mol. The predicted molar refractivity (Wildman–Crippen MR) is 104 cm³/mol. The topological polar surface area (TPSA) is 67.9 Å². The molecule has 0 spiro atoms. The molecule has 1 aliphatic heterocycles. The largest absolute Gasteiger partial charge is 0.484 e. The molecule has 6 nitrogen and oxygen atoms in total. The number of benzene rings is 1. The van der Waals surface area contributed by atoms with E-state index < -0.39 is 5.60 Å². The standard InChI is InChI=1S/C21H30N2O4/c1-16-6-5-11-21(14-16,26-2)20(25)22-17-7-9-18(10-8-17)27-15-19(24)23-12-3-4-13-23/h7-10,16H,3-6,11-15H2,1-2H3,(H,22,25)/t16-,21-/m0/s1. The van der Waals surface area contributed by atoms with Gasteiger partial charge in [-0.15, -0.1) is 0 Å². The molecule has 1 saturated heterocycles. The first-order valence-corrected chi connectivity index (χ1v) is 9.90. The molecule has 1 saturated carbocycles. The highest BCUT2D eigenvalue weighted by atomic mass is 16.5. The minimum Gasteiger partial charge on any atom is -0.484 e. The molecule has 1 aliphatic carbocycles. The lowest BCUT2D eigenvalue weighted by molar-refractivity contribution is -0.143. The number of hydrogen-bond donors (Lipinski definition) is 1. The van der Waals surface area contributed by atoms with Gasteiger partial charge in [0.1, 0.15) is 11.4 Å². The molecule has 2 atom stereocenters. The molecule has 0 radical (unpaired) electrons. The zero-order valence-electron chi connectivity index (χ0n) is 16.3. The summed E-state index contributed by atoms with van der Waals surface area (Å²) in [6.45, 7) is 3.87. The van der Waals surface area contributed by atoms with Crippen LogP contribution in [0.2, 0.25) is 0 Å². The van der Waals surface area contributed by atoms with E-state index in [1.165, 1.54) is 0 Å². The molecule has 2 fully saturated rings. The molecule has 2 amide bonds. The van der Waals surface area contributed by atoms with Gasteiger partial charge in [0.05, 0.1) is 0 Å². The van der Waals surface area contributed by atoms with Gasteiger partial charge in [-0.2, -0.15) is 0 Å². The number of anilines is 1. The Morgan fingerprint density at radius 1 is 1.19 bits per heavy atom. The number of rotatable bonds is 6. The summed E-state index contributed by atoms with van der Waals surface area (Å²) in [5.41, 5.74) is -0.0394. The second-order valence-corrected chi connectivity index (χ2v) is 7.76. The van der Waals surface area contributed by atoms with Crippen LogP contribution >= 0.6 is 0 Å². The minimum atomic E-state index is -0.741. The molecule has 6 heteroatoms. The normalized spacial score (nSPS) is 25.3. The summed E-state index contributed by atoms with van der Waals surface area (Å²) in [6.07, 6.45) is 5.78. The fourth-order valence-electron chi connectivity index (χ4n) is 4.07. The first-order valence-electron chi connectivity index (χ1n) is 9.90. The monoisotopic (exact) mass is 374 g/mol. The molecule has 1 aromatic carbocycles. The summed E-state index contributed by atoms with van der Waals surface area (Å²) in [7, 11) is 1.62. The molecule has 2 aliphatic rings. The van der Waals surface area contributed by atoms with Crippen LogP contribution in [0.15, 0.2) is 24.3 Å². The van der Waals surface area contributed by atoms with Crippen molar-refractivity contribution in [3.8, 4) is 5.75 Å². The third kappa shape index (κ3) is 4.80. The van der Waals surface area contributed by atoms with E-state index in [1.54, 1.807) is 31.4 Å². The molecule has 1 aromatic rings. The smallest absolute Gasteiger partial charge is 0.260 e. The maximum Gasteiger partial charge on any atom is 0.260 e. The van der Waals surface area contributed by atoms with Crippen molar-refractivity contribution >= 4 is 17.5 Å². The zero-order chi connectivity index (χ0) is 19.3. The maximum absolute atomic E-state index is 12.8. The van der Waals surface area contributed by atoms with Crippen molar-refractivity contribution in [3.63, 3.8) is 0 Å². The van der Waals surface area contributed by atoms with Crippen molar-refractivity contribution in [2.75, 3.05) is 32.1 Å². The van der Waals surface area contributed by atoms with Crippen molar-refractivity contribution in [1.29, 1.82) is 0 Å². The lowest BCUT2D eigenvalue weighted by atomic mass is 9.78. The van der Waals surface area contributed by atoms with Gasteiger partial charge in [0.25, 0.3) is 11.8 Å². The van der Waals surface area contributed by atoms with Gasteiger partial charge in [0, 0.05) is 25.9 Å². The van der Waals surface area contributed by atoms with E-state index in [2.05, 4.69) is 12.2 Å². The molecular formula is C21H30N2O4. The van der Waals surface area contributed by atoms with Crippen LogP contribution in [0.4, 0.5) is 5.69 Å². The molecule has 27 heavy (non-hydrogen) atoms. The Labute approximate surface area is 161 Å². The SMILES string of the molecule is CO[C@@]1(C(=O)Nc2ccc(OCC(=O)N3CCCC3)cc2)CCC[C@H](C)C1. The van der Waals surface area contributed by atoms with E-state index in [4.69, 9.17) is 9.47 Å². The number of hydrogen-bond acceptors (Lipinski definition) is 4. The summed E-state index contributed by atoms with van der Waals surface area (Å²) >= 11 is 0. The van der Waals surface area contributed by atoms with Gasteiger partial charge >= 0.3 is 0 Å². The Kier molecular flexibility index (Phi) is 6.37. The number of methoxy groups -OCH3 is 1. The van der Waals surface area contributed by atoms with E-state index in [9.17, 15) is 9.59 Å². The summed E-state index contributed by atoms with van der Waals surface area (Å²) in [4.78, 5) is 26.7. The number of ether oxygens (including phenoxy) is 2. The Morgan fingerprint density at radius 2 is 1.89 bits per heavy atom. The van der Waals surface area contributed by atoms with E-state index in [-0.39, 0.29) is 18.4 Å². The second kappa shape index (κ2) is 8.74. The number of nitrogens with zero attached hydrogens (tertiary/aromatic N) is 1. The average Bonchev–Trinajstić information content (AvgIpc) is 3.22. The molecule has 3 rings (SSSR count). The van der Waals surface area contributed by atoms with Crippen molar-refractivity contribution < 1.29 is 19.1 Å². The highest BCUT2D eigenvalue weighted by Crippen LogP contribution is 2.35. The van der Waals surface area contributed by atoms with E-state index in [0.29, 0.717) is 17.4 Å². The Bertz CT molecular complexity index is 655. The van der Waals surface area contributed by atoms with E-state index in [0.717, 1.165) is 51.6 Å². The van der Waals surface area contributed by atoms with Crippen LogP contribution in [0.1, 0.15) is 45.4 Å². The lowest BCUT2D eigenvalue weighted by Crippen LogP contribution is -2.47. The summed E-state index contributed by atoms with van der Waals surface area (Å²) in [5.74, 6) is 1.04. The minimum absolute atomic E-state index is 0.0262. The van der Waals surface area contributed by atoms with Gasteiger partial charge < -0.3 is 19.7 Å². The van der Waals surface area contributed by atoms with Gasteiger partial charge in [-0.1, -0.05) is 13.3 Å². The highest BCUT2D eigenvalue weighted by molar-refractivity contribution is 5.97. The third-order valence-corrected chi connectivity index (χ3v) is 5.69. The Hall–Kier alpha value is -2.08. The van der Waals surface area contributed by atoms with Crippen molar-refractivity contribution in [3.05, 3.63) is 24.3 Å². The molecule has 0 unspecified atom stereocenters. The van der Waals surface area contributed by atoms with Crippen LogP contribution < -0.4 is 10.1 Å². The molecule has 1 N–H and O–H groups in total. The fraction of sp³-hybridized carbons (Fsp3) is 0.619. The van der Waals surface area contributed by atoms with E-state index in [1.807, 2.05) is 4.90 Å². The van der Waals surface area contributed by atoms with Crippen LogP contribution in [0.5, 0.6) is 5.75 Å². The Balaban J connectivity index is 1.53. The van der Waals surface area contributed by atoms with Gasteiger partial charge in [-0.05, 0) is 62.3 Å². The van der Waals surface area contributed by atoms with Crippen LogP contribution in [0.25, 0.3) is 0 Å². The maximum atomic E-state index is 12.8. The third-order valence-electron chi connectivity index (χ3n) is 5.69. The molecule has 0 aromatic heterocycles. The van der Waals surface area contributed by atoms with Crippen molar-refractivity contribution in [1.82, 2.24) is 4.90 Å². The predicted octanol–water partition coefficient (Wildman–Crippen LogP) is 3.22. The van der Waals surface area contributed by atoms with Crippen molar-refractivity contribution in [2.24, 2.45) is 5.92 Å². The fourth-order valence-corrected chi connectivity index (χ4v) is 4.07. The molecule has 148 valence electrons. The first-order chi connectivity index (χ1) is 13.0. The summed E-state index contributed by atoms with van der Waals surface area (Å²) in [5, 5.41) is 2.97. The van der Waals surface area contributed by atoms with Crippen LogP contribution in [-0.2, 0) is 14.3 Å². The van der Waals surface area contributed by atoms with Crippen molar-refractivity contribution in [2.45, 2.75) is 51.0 Å². The Morgan fingerprint density at radius 3 is 2.52 bits per heavy atom. The number of carbonyl (C=O) groups is 2. The second-order valence-electron chi connectivity index (χ2n) is 7.76. The quantitative estimate of drug-likeness (QED) is 0.830. The number of nitrogens with one attached hydrogen (secondary N) is 1. The number of carbonyl (C=O) groups excluding carboxylic acids is 2. The highest BCUT2D eigenvalue weighted by Gasteiger charge is 2.41. The average molecular weight is 374 g/mol. The van der Waals surface area contributed by atoms with Crippen LogP contribution in [0.3, 0.4) is 0 Å². The van der Waals surface area contributed by atoms with Gasteiger partial charge in [0.2, 0.25) is 0 Å². The van der Waals surface area contributed by atoms with Crippen LogP contribution in [-0.4, -0.2) is 49.1 Å². The van der Waals surface area contributed by atoms with Gasteiger partial charge in [-0.25, -0.2) is 0 Å². The molecule has 0 bridgehead atoms. The zero-order valence-corrected chi connectivity index (χ0v) is 16.3. The number of amides is 2. The first kappa shape index (κ1) is 19.7. The number of likely N-dealkylation sites (tertiary alicyclic amines) is 1.